The zero-order valence-corrected chi connectivity index (χ0v) is 26.2. The first-order valence-electron chi connectivity index (χ1n) is 14.9. The number of alkyl halides is 6. The molecule has 5 aromatic rings. The van der Waals surface area contributed by atoms with Gasteiger partial charge in [0.05, 0.1) is 10.6 Å². The Kier molecular flexibility index (Phi) is 9.09. The largest absolute Gasteiger partial charge is 0.573 e. The number of ether oxygens (including phenoxy) is 1. The number of likely N-dealkylation sites (tertiary alicyclic amines) is 1. The molecule has 0 amide bonds. The fourth-order valence-electron chi connectivity index (χ4n) is 5.68. The highest BCUT2D eigenvalue weighted by molar-refractivity contribution is 7.72. The van der Waals surface area contributed by atoms with E-state index < -0.39 is 34.7 Å². The van der Waals surface area contributed by atoms with Crippen LogP contribution >= 0.6 is 0 Å². The summed E-state index contributed by atoms with van der Waals surface area (Å²) in [4.78, 5) is 10.8. The summed E-state index contributed by atoms with van der Waals surface area (Å²) < 4.78 is 115. The minimum Gasteiger partial charge on any atom is -0.440 e. The minimum atomic E-state index is -4.90. The van der Waals surface area contributed by atoms with Gasteiger partial charge >= 0.3 is 12.5 Å². The lowest BCUT2D eigenvalue weighted by molar-refractivity contribution is -0.274. The van der Waals surface area contributed by atoms with Crippen molar-refractivity contribution in [2.45, 2.75) is 43.6 Å². The van der Waals surface area contributed by atoms with Crippen LogP contribution in [0.4, 0.5) is 26.3 Å². The molecule has 0 atom stereocenters. The molecule has 48 heavy (non-hydrogen) atoms. The molecule has 1 fully saturated rings. The molecule has 0 unspecified atom stereocenters. The van der Waals surface area contributed by atoms with Crippen LogP contribution in [0.3, 0.4) is 0 Å². The Labute approximate surface area is 272 Å². The van der Waals surface area contributed by atoms with Crippen molar-refractivity contribution < 1.29 is 43.9 Å². The molecule has 0 aliphatic carbocycles. The second-order valence-electron chi connectivity index (χ2n) is 11.2. The van der Waals surface area contributed by atoms with E-state index in [0.29, 0.717) is 41.1 Å². The van der Waals surface area contributed by atoms with Crippen molar-refractivity contribution in [1.29, 1.82) is 0 Å². The molecule has 2 aromatic heterocycles. The maximum absolute atomic E-state index is 13.7. The van der Waals surface area contributed by atoms with E-state index in [1.807, 2.05) is 0 Å². The molecule has 15 heteroatoms. The van der Waals surface area contributed by atoms with Crippen LogP contribution in [-0.2, 0) is 23.3 Å². The van der Waals surface area contributed by atoms with Gasteiger partial charge in [0.15, 0.2) is 28.0 Å². The summed E-state index contributed by atoms with van der Waals surface area (Å²) in [5, 5.41) is 0. The average Bonchev–Trinajstić information content (AvgIpc) is 3.80. The Morgan fingerprint density at radius 2 is 1.56 bits per heavy atom. The summed E-state index contributed by atoms with van der Waals surface area (Å²) in [7, 11) is -2.89. The number of benzene rings is 3. The predicted octanol–water partition coefficient (Wildman–Crippen LogP) is 7.70. The lowest BCUT2D eigenvalue weighted by Crippen LogP contribution is -2.21. The lowest BCUT2D eigenvalue weighted by atomic mass is 9.98. The third kappa shape index (κ3) is 7.41. The van der Waals surface area contributed by atoms with Crippen molar-refractivity contribution >= 4 is 10.7 Å². The molecule has 8 nitrogen and oxygen atoms in total. The van der Waals surface area contributed by atoms with Gasteiger partial charge in [0.2, 0.25) is 0 Å². The van der Waals surface area contributed by atoms with Crippen LogP contribution < -0.4 is 4.74 Å². The molecule has 6 rings (SSSR count). The number of hydrogen-bond acceptors (Lipinski definition) is 7. The SMILES string of the molecule is Cc1nc(C(F)(F)F)cn1-c1ccc(-c2cccc([SH](=O)=O)c2)cc1-c1oc(CCN2CCCC2)nc1-c1ccc(OC(F)(F)F)cc1. The quantitative estimate of drug-likeness (QED) is 0.125. The molecule has 252 valence electrons. The summed E-state index contributed by atoms with van der Waals surface area (Å²) in [6.07, 6.45) is -6.21. The highest BCUT2D eigenvalue weighted by Crippen LogP contribution is 2.40. The van der Waals surface area contributed by atoms with E-state index in [1.165, 1.54) is 35.8 Å². The average molecular weight is 691 g/mol. The minimum absolute atomic E-state index is 0.0330. The van der Waals surface area contributed by atoms with Crippen LogP contribution in [0.5, 0.6) is 5.75 Å². The molecule has 0 radical (unpaired) electrons. The normalized spacial score (nSPS) is 14.2. The summed E-state index contributed by atoms with van der Waals surface area (Å²) in [5.74, 6) is 0.0622. The molecule has 0 bridgehead atoms. The zero-order chi connectivity index (χ0) is 34.2. The smallest absolute Gasteiger partial charge is 0.440 e. The molecular weight excluding hydrogens is 662 g/mol. The third-order valence-corrected chi connectivity index (χ3v) is 8.64. The Balaban J connectivity index is 1.53. The van der Waals surface area contributed by atoms with Gasteiger partial charge in [-0.1, -0.05) is 18.2 Å². The highest BCUT2D eigenvalue weighted by Gasteiger charge is 2.35. The first-order valence-corrected chi connectivity index (χ1v) is 16.0. The van der Waals surface area contributed by atoms with E-state index in [9.17, 15) is 34.8 Å². The van der Waals surface area contributed by atoms with E-state index in [4.69, 9.17) is 9.40 Å². The molecule has 1 saturated heterocycles. The second-order valence-corrected chi connectivity index (χ2v) is 12.3. The van der Waals surface area contributed by atoms with E-state index in [2.05, 4.69) is 14.6 Å². The monoisotopic (exact) mass is 690 g/mol. The van der Waals surface area contributed by atoms with Crippen LogP contribution in [0.15, 0.2) is 82.2 Å². The van der Waals surface area contributed by atoms with Gasteiger partial charge in [-0.3, -0.25) is 0 Å². The van der Waals surface area contributed by atoms with Gasteiger partial charge < -0.3 is 18.6 Å². The van der Waals surface area contributed by atoms with Crippen molar-refractivity contribution in [1.82, 2.24) is 19.4 Å². The van der Waals surface area contributed by atoms with E-state index in [0.717, 1.165) is 44.3 Å². The number of rotatable bonds is 9. The van der Waals surface area contributed by atoms with Gasteiger partial charge in [-0.05, 0) is 92.5 Å². The molecule has 3 heterocycles. The van der Waals surface area contributed by atoms with E-state index >= 15 is 0 Å². The number of hydrogen-bond donors (Lipinski definition) is 1. The van der Waals surface area contributed by atoms with Gasteiger partial charge in [-0.15, -0.1) is 13.2 Å². The number of nitrogens with zero attached hydrogens (tertiary/aromatic N) is 4. The number of imidazole rings is 1. The number of halogens is 6. The van der Waals surface area contributed by atoms with Crippen molar-refractivity contribution in [2.24, 2.45) is 0 Å². The van der Waals surface area contributed by atoms with E-state index in [-0.39, 0.29) is 27.9 Å². The summed E-state index contributed by atoms with van der Waals surface area (Å²) in [5.41, 5.74) is 1.10. The maximum Gasteiger partial charge on any atom is 0.573 e. The predicted molar refractivity (Wildman–Crippen MR) is 164 cm³/mol. The Morgan fingerprint density at radius 1 is 0.875 bits per heavy atom. The molecule has 0 saturated carbocycles. The van der Waals surface area contributed by atoms with Gasteiger partial charge in [0.1, 0.15) is 17.3 Å². The number of oxazole rings is 1. The number of aryl methyl sites for hydroxylation is 1. The molecule has 3 aromatic carbocycles. The van der Waals surface area contributed by atoms with Crippen molar-refractivity contribution in [3.05, 3.63) is 90.3 Å². The van der Waals surface area contributed by atoms with Crippen molar-refractivity contribution in [3.63, 3.8) is 0 Å². The Morgan fingerprint density at radius 3 is 2.21 bits per heavy atom. The zero-order valence-electron chi connectivity index (χ0n) is 25.3. The van der Waals surface area contributed by atoms with Gasteiger partial charge in [0.25, 0.3) is 0 Å². The first kappa shape index (κ1) is 33.3. The third-order valence-electron chi connectivity index (χ3n) is 7.94. The molecule has 1 aliphatic heterocycles. The maximum atomic E-state index is 13.7. The summed E-state index contributed by atoms with van der Waals surface area (Å²) in [6.45, 7) is 3.90. The topological polar surface area (TPSA) is 90.5 Å². The first-order chi connectivity index (χ1) is 22.7. The Hall–Kier alpha value is -4.63. The number of thiol groups is 1. The fourth-order valence-corrected chi connectivity index (χ4v) is 6.14. The lowest BCUT2D eigenvalue weighted by Gasteiger charge is -2.14. The van der Waals surface area contributed by atoms with Crippen LogP contribution in [-0.4, -0.2) is 53.8 Å². The van der Waals surface area contributed by atoms with Gasteiger partial charge in [0, 0.05) is 30.3 Å². The standard InChI is InChI=1S/C33H28F6N4O4S/c1-20-40-28(32(34,35)36)19-43(20)27-12-9-23(22-5-4-6-25(17-22)48(44)45)18-26(27)31-30(21-7-10-24(11-8-21)47-33(37,38)39)41-29(46-31)13-16-42-14-2-3-15-42/h4-12,17-19,48H,2-3,13-16H2,1H3. The highest BCUT2D eigenvalue weighted by atomic mass is 32.2. The molecule has 0 N–H and O–H groups in total. The number of aromatic nitrogens is 3. The molecule has 1 aliphatic rings. The Bertz CT molecular complexity index is 2000. The van der Waals surface area contributed by atoms with Crippen molar-refractivity contribution in [2.75, 3.05) is 19.6 Å². The summed E-state index contributed by atoms with van der Waals surface area (Å²) >= 11 is 0. The summed E-state index contributed by atoms with van der Waals surface area (Å²) in [6, 6.07) is 16.0. The van der Waals surface area contributed by atoms with Crippen LogP contribution in [0.25, 0.3) is 39.4 Å². The van der Waals surface area contributed by atoms with E-state index in [1.54, 1.807) is 30.3 Å². The van der Waals surface area contributed by atoms with Crippen LogP contribution in [0, 0.1) is 6.92 Å². The van der Waals surface area contributed by atoms with Crippen LogP contribution in [0.2, 0.25) is 0 Å². The molecular formula is C33H28F6N4O4S. The molecule has 0 spiro atoms. The fraction of sp³-hybridized carbons (Fsp3) is 0.273. The second kappa shape index (κ2) is 13.1. The van der Waals surface area contributed by atoms with Crippen molar-refractivity contribution in [3.8, 4) is 45.1 Å². The van der Waals surface area contributed by atoms with Crippen LogP contribution in [0.1, 0.15) is 30.3 Å². The van der Waals surface area contributed by atoms with Gasteiger partial charge in [-0.25, -0.2) is 18.4 Å². The van der Waals surface area contributed by atoms with Gasteiger partial charge in [-0.2, -0.15) is 13.2 Å².